The number of hydrogen-bond acceptors (Lipinski definition) is 7. The zero-order chi connectivity index (χ0) is 24.3. The van der Waals surface area contributed by atoms with Crippen LogP contribution in [-0.2, 0) is 28.9 Å². The van der Waals surface area contributed by atoms with Crippen LogP contribution in [0.2, 0.25) is 0 Å². The highest BCUT2D eigenvalue weighted by Crippen LogP contribution is 2.47. The number of esters is 2. The largest absolute Gasteiger partial charge is 0.469 e. The van der Waals surface area contributed by atoms with E-state index in [1.807, 2.05) is 11.8 Å². The van der Waals surface area contributed by atoms with E-state index < -0.39 is 20.5 Å². The molecule has 2 saturated carbocycles. The SMILES string of the molecule is C.COC(=O)C1(C2CCCS2(=O)=O)CCCCC1.COC(=O)C1CCCCC1.ClC1CCCS1. The molecule has 200 valence electrons. The van der Waals surface area contributed by atoms with Crippen LogP contribution >= 0.6 is 23.4 Å². The predicted molar refractivity (Wildman–Crippen MR) is 141 cm³/mol. The highest BCUT2D eigenvalue weighted by atomic mass is 35.5. The minimum atomic E-state index is -3.10. The summed E-state index contributed by atoms with van der Waals surface area (Å²) in [4.78, 5) is 23.0. The highest BCUT2D eigenvalue weighted by molar-refractivity contribution is 8.01. The first-order valence-electron chi connectivity index (χ1n) is 12.4. The first kappa shape index (κ1) is 31.6. The Morgan fingerprint density at radius 1 is 0.853 bits per heavy atom. The standard InChI is InChI=1S/C12H20O4S.C8H14O2.C4H7ClS.CH4/c1-16-11(13)12(7-3-2-4-8-12)10-6-5-9-17(10,14)15;1-10-8(9)7-5-3-2-4-6-7;5-4-2-1-3-6-4;/h10H,2-9H2,1H3;7H,2-6H2,1H3;4H,1-3H2;1H4. The quantitative estimate of drug-likeness (QED) is 0.314. The van der Waals surface area contributed by atoms with E-state index in [1.54, 1.807) is 0 Å². The molecule has 0 aromatic rings. The predicted octanol–water partition coefficient (Wildman–Crippen LogP) is 6.14. The number of ether oxygens (including phenoxy) is 2. The van der Waals surface area contributed by atoms with Crippen molar-refractivity contribution in [2.75, 3.05) is 25.7 Å². The molecule has 2 saturated heterocycles. The molecule has 4 aliphatic rings. The molecule has 0 aromatic heterocycles. The average Bonchev–Trinajstić information content (AvgIpc) is 3.47. The zero-order valence-corrected chi connectivity index (χ0v) is 22.6. The number of carbonyl (C=O) groups excluding carboxylic acids is 2. The van der Waals surface area contributed by atoms with Crippen LogP contribution in [-0.4, -0.2) is 56.0 Å². The summed E-state index contributed by atoms with van der Waals surface area (Å²) in [6.07, 6.45) is 13.9. The number of rotatable bonds is 3. The zero-order valence-electron chi connectivity index (χ0n) is 20.2. The van der Waals surface area contributed by atoms with Crippen molar-refractivity contribution in [1.29, 1.82) is 0 Å². The molecular weight excluding hydrogens is 496 g/mol. The Labute approximate surface area is 216 Å². The van der Waals surface area contributed by atoms with Crippen LogP contribution in [0, 0.1) is 11.3 Å². The van der Waals surface area contributed by atoms with Crippen molar-refractivity contribution in [2.24, 2.45) is 11.3 Å². The van der Waals surface area contributed by atoms with Gasteiger partial charge in [0.05, 0.1) is 41.3 Å². The van der Waals surface area contributed by atoms with Crippen LogP contribution < -0.4 is 0 Å². The van der Waals surface area contributed by atoms with E-state index in [1.165, 1.54) is 52.1 Å². The van der Waals surface area contributed by atoms with E-state index in [2.05, 4.69) is 4.74 Å². The molecular formula is C25H45ClO6S2. The van der Waals surface area contributed by atoms with Gasteiger partial charge < -0.3 is 9.47 Å². The summed E-state index contributed by atoms with van der Waals surface area (Å²) in [5.41, 5.74) is -0.748. The van der Waals surface area contributed by atoms with E-state index in [-0.39, 0.29) is 31.0 Å². The van der Waals surface area contributed by atoms with Crippen molar-refractivity contribution in [3.05, 3.63) is 0 Å². The van der Waals surface area contributed by atoms with E-state index in [0.717, 1.165) is 32.1 Å². The average molecular weight is 541 g/mol. The Morgan fingerprint density at radius 3 is 1.88 bits per heavy atom. The van der Waals surface area contributed by atoms with Crippen LogP contribution in [0.3, 0.4) is 0 Å². The third-order valence-electron chi connectivity index (χ3n) is 7.30. The molecule has 2 unspecified atom stereocenters. The summed E-state index contributed by atoms with van der Waals surface area (Å²) in [5.74, 6) is 1.39. The normalized spacial score (nSPS) is 27.6. The third kappa shape index (κ3) is 8.88. The topological polar surface area (TPSA) is 86.7 Å². The van der Waals surface area contributed by atoms with Crippen molar-refractivity contribution in [3.63, 3.8) is 0 Å². The first-order valence-corrected chi connectivity index (χ1v) is 15.6. The molecule has 9 heteroatoms. The number of alkyl halides is 1. The maximum absolute atomic E-state index is 12.1. The smallest absolute Gasteiger partial charge is 0.313 e. The molecule has 2 aliphatic carbocycles. The van der Waals surface area contributed by atoms with Crippen molar-refractivity contribution in [1.82, 2.24) is 0 Å². The second kappa shape index (κ2) is 15.6. The third-order valence-corrected chi connectivity index (χ3v) is 11.4. The maximum atomic E-state index is 12.1. The van der Waals surface area contributed by atoms with Gasteiger partial charge in [0.15, 0.2) is 9.84 Å². The van der Waals surface area contributed by atoms with Gasteiger partial charge in [-0.25, -0.2) is 8.42 Å². The molecule has 34 heavy (non-hydrogen) atoms. The van der Waals surface area contributed by atoms with E-state index in [0.29, 0.717) is 30.4 Å². The maximum Gasteiger partial charge on any atom is 0.313 e. The molecule has 4 rings (SSSR count). The number of carbonyl (C=O) groups is 2. The van der Waals surface area contributed by atoms with E-state index in [9.17, 15) is 18.0 Å². The second-order valence-electron chi connectivity index (χ2n) is 9.49. The molecule has 6 nitrogen and oxygen atoms in total. The van der Waals surface area contributed by atoms with Gasteiger partial charge in [-0.2, -0.15) is 0 Å². The van der Waals surface area contributed by atoms with Crippen LogP contribution in [0.15, 0.2) is 0 Å². The Morgan fingerprint density at radius 2 is 1.47 bits per heavy atom. The van der Waals surface area contributed by atoms with Crippen molar-refractivity contribution in [2.45, 2.75) is 107 Å². The van der Waals surface area contributed by atoms with Gasteiger partial charge in [0.1, 0.15) is 0 Å². The van der Waals surface area contributed by atoms with E-state index >= 15 is 0 Å². The number of hydrogen-bond donors (Lipinski definition) is 0. The molecule has 0 spiro atoms. The lowest BCUT2D eigenvalue weighted by molar-refractivity contribution is -0.155. The highest BCUT2D eigenvalue weighted by Gasteiger charge is 2.54. The van der Waals surface area contributed by atoms with Gasteiger partial charge in [0.2, 0.25) is 0 Å². The fourth-order valence-electron chi connectivity index (χ4n) is 5.50. The summed E-state index contributed by atoms with van der Waals surface area (Å²) >= 11 is 7.54. The van der Waals surface area contributed by atoms with Gasteiger partial charge in [-0.1, -0.05) is 46.0 Å². The molecule has 0 amide bonds. The van der Waals surface area contributed by atoms with Gasteiger partial charge in [-0.3, -0.25) is 9.59 Å². The molecule has 4 fully saturated rings. The molecule has 2 heterocycles. The molecule has 0 aromatic carbocycles. The molecule has 0 N–H and O–H groups in total. The Kier molecular flexibility index (Phi) is 14.5. The minimum Gasteiger partial charge on any atom is -0.469 e. The number of halogens is 1. The number of methoxy groups -OCH3 is 2. The van der Waals surface area contributed by atoms with Gasteiger partial charge in [-0.05, 0) is 57.1 Å². The van der Waals surface area contributed by atoms with E-state index in [4.69, 9.17) is 16.3 Å². The number of sulfone groups is 1. The second-order valence-corrected chi connectivity index (χ2v) is 13.9. The molecule has 0 bridgehead atoms. The Balaban J connectivity index is 0.000000287. The lowest BCUT2D eigenvalue weighted by Crippen LogP contribution is -2.46. The summed E-state index contributed by atoms with van der Waals surface area (Å²) in [5, 5.41) is -0.497. The Hall–Kier alpha value is -0.470. The van der Waals surface area contributed by atoms with Gasteiger partial charge in [0.25, 0.3) is 0 Å². The van der Waals surface area contributed by atoms with Gasteiger partial charge in [0, 0.05) is 0 Å². The van der Waals surface area contributed by atoms with Crippen molar-refractivity contribution in [3.8, 4) is 0 Å². The lowest BCUT2D eigenvalue weighted by Gasteiger charge is -2.38. The molecule has 2 atom stereocenters. The summed E-state index contributed by atoms with van der Waals surface area (Å²) in [7, 11) is -0.271. The van der Waals surface area contributed by atoms with Crippen LogP contribution in [0.5, 0.6) is 0 Å². The Bertz CT molecular complexity index is 709. The monoisotopic (exact) mass is 540 g/mol. The summed E-state index contributed by atoms with van der Waals surface area (Å²) < 4.78 is 34.1. The van der Waals surface area contributed by atoms with Crippen LogP contribution in [0.4, 0.5) is 0 Å². The lowest BCUT2D eigenvalue weighted by atomic mass is 9.70. The van der Waals surface area contributed by atoms with Gasteiger partial charge in [-0.15, -0.1) is 23.4 Å². The summed E-state index contributed by atoms with van der Waals surface area (Å²) in [6, 6.07) is 0. The minimum absolute atomic E-state index is 0. The number of thioether (sulfide) groups is 1. The van der Waals surface area contributed by atoms with Crippen LogP contribution in [0.1, 0.15) is 97.3 Å². The van der Waals surface area contributed by atoms with Crippen LogP contribution in [0.25, 0.3) is 0 Å². The molecule has 2 aliphatic heterocycles. The fraction of sp³-hybridized carbons (Fsp3) is 0.920. The van der Waals surface area contributed by atoms with Crippen molar-refractivity contribution < 1.29 is 27.5 Å². The summed E-state index contributed by atoms with van der Waals surface area (Å²) in [6.45, 7) is 0. The van der Waals surface area contributed by atoms with Gasteiger partial charge >= 0.3 is 11.9 Å². The first-order chi connectivity index (χ1) is 15.8. The molecule has 0 radical (unpaired) electrons. The van der Waals surface area contributed by atoms with Crippen molar-refractivity contribution >= 4 is 45.1 Å². The fourth-order valence-corrected chi connectivity index (χ4v) is 9.24.